The van der Waals surface area contributed by atoms with Gasteiger partial charge in [0.25, 0.3) is 5.56 Å². The van der Waals surface area contributed by atoms with Gasteiger partial charge in [-0.1, -0.05) is 23.9 Å². The first-order valence-corrected chi connectivity index (χ1v) is 8.41. The van der Waals surface area contributed by atoms with Gasteiger partial charge in [0.15, 0.2) is 5.16 Å². The number of aromatic amines is 2. The minimum absolute atomic E-state index is 0.204. The van der Waals surface area contributed by atoms with Gasteiger partial charge in [-0.2, -0.15) is 13.2 Å². The molecule has 1 aromatic carbocycles. The second-order valence-corrected chi connectivity index (χ2v) is 6.43. The molecule has 0 aliphatic carbocycles. The van der Waals surface area contributed by atoms with E-state index in [4.69, 9.17) is 0 Å². The Kier molecular flexibility index (Phi) is 4.77. The van der Waals surface area contributed by atoms with E-state index in [9.17, 15) is 22.8 Å². The fourth-order valence-electron chi connectivity index (χ4n) is 2.36. The minimum Gasteiger partial charge on any atom is -0.353 e. The summed E-state index contributed by atoms with van der Waals surface area (Å²) in [6, 6.07) is 6.41. The van der Waals surface area contributed by atoms with Crippen molar-refractivity contribution in [1.82, 2.24) is 15.0 Å². The van der Waals surface area contributed by atoms with Crippen LogP contribution in [0.2, 0.25) is 0 Å². The van der Waals surface area contributed by atoms with E-state index in [0.717, 1.165) is 23.5 Å². The lowest BCUT2D eigenvalue weighted by molar-refractivity contribution is -0.137. The summed E-state index contributed by atoms with van der Waals surface area (Å²) < 4.78 is 38.8. The molecule has 0 saturated heterocycles. The number of amides is 1. The molecule has 0 aliphatic heterocycles. The van der Waals surface area contributed by atoms with Crippen molar-refractivity contribution in [3.63, 3.8) is 0 Å². The van der Waals surface area contributed by atoms with Gasteiger partial charge in [0, 0.05) is 5.69 Å². The maximum Gasteiger partial charge on any atom is 0.418 e. The smallest absolute Gasteiger partial charge is 0.353 e. The Hall–Kier alpha value is -2.75. The summed E-state index contributed by atoms with van der Waals surface area (Å²) in [4.78, 5) is 33.5. The Morgan fingerprint density at radius 3 is 2.73 bits per heavy atom. The van der Waals surface area contributed by atoms with E-state index in [-0.39, 0.29) is 22.2 Å². The number of hydrogen-bond donors (Lipinski definition) is 3. The molecule has 0 saturated carbocycles. The second-order valence-electron chi connectivity index (χ2n) is 5.46. The molecule has 26 heavy (non-hydrogen) atoms. The third kappa shape index (κ3) is 3.90. The number of carbonyl (C=O) groups excluding carboxylic acids is 1. The maximum atomic E-state index is 12.9. The summed E-state index contributed by atoms with van der Waals surface area (Å²) in [6.45, 7) is 1.78. The van der Waals surface area contributed by atoms with Crippen LogP contribution in [0, 0.1) is 6.92 Å². The zero-order chi connectivity index (χ0) is 18.9. The van der Waals surface area contributed by atoms with Gasteiger partial charge in [0.1, 0.15) is 5.52 Å². The molecule has 2 aromatic heterocycles. The lowest BCUT2D eigenvalue weighted by Gasteiger charge is -2.13. The van der Waals surface area contributed by atoms with Crippen molar-refractivity contribution in [3.05, 3.63) is 51.9 Å². The molecular formula is C16H13F3N4O2S. The first kappa shape index (κ1) is 18.1. The molecule has 136 valence electrons. The summed E-state index contributed by atoms with van der Waals surface area (Å²) in [5, 5.41) is 2.45. The van der Waals surface area contributed by atoms with Crippen LogP contribution in [0.3, 0.4) is 0 Å². The van der Waals surface area contributed by atoms with Gasteiger partial charge < -0.3 is 10.3 Å². The Balaban J connectivity index is 1.71. The van der Waals surface area contributed by atoms with Crippen LogP contribution in [0.1, 0.15) is 11.3 Å². The zero-order valence-electron chi connectivity index (χ0n) is 13.4. The normalized spacial score (nSPS) is 11.7. The summed E-state index contributed by atoms with van der Waals surface area (Å²) in [5.74, 6) is -0.843. The maximum absolute atomic E-state index is 12.9. The largest absolute Gasteiger partial charge is 0.418 e. The predicted molar refractivity (Wildman–Crippen MR) is 92.2 cm³/mol. The summed E-state index contributed by atoms with van der Waals surface area (Å²) >= 11 is 0.926. The fraction of sp³-hybridized carbons (Fsp3) is 0.188. The number of hydrogen-bond acceptors (Lipinski definition) is 4. The van der Waals surface area contributed by atoms with Gasteiger partial charge in [0.2, 0.25) is 5.91 Å². The molecule has 0 aliphatic rings. The second kappa shape index (κ2) is 6.87. The third-order valence-corrected chi connectivity index (χ3v) is 4.32. The van der Waals surface area contributed by atoms with Crippen molar-refractivity contribution in [2.45, 2.75) is 18.3 Å². The number of anilines is 1. The Morgan fingerprint density at radius 1 is 1.27 bits per heavy atom. The average molecular weight is 382 g/mol. The minimum atomic E-state index is -4.57. The molecule has 3 aromatic rings. The van der Waals surface area contributed by atoms with Crippen LogP contribution in [0.15, 0.2) is 40.3 Å². The average Bonchev–Trinajstić information content (AvgIpc) is 2.93. The Labute approximate surface area is 149 Å². The molecule has 10 heteroatoms. The van der Waals surface area contributed by atoms with Crippen molar-refractivity contribution in [1.29, 1.82) is 0 Å². The highest BCUT2D eigenvalue weighted by Crippen LogP contribution is 2.34. The molecule has 3 rings (SSSR count). The number of nitrogens with zero attached hydrogens (tertiary/aromatic N) is 1. The van der Waals surface area contributed by atoms with Crippen LogP contribution in [0.5, 0.6) is 0 Å². The summed E-state index contributed by atoms with van der Waals surface area (Å²) in [7, 11) is 0. The van der Waals surface area contributed by atoms with Crippen molar-refractivity contribution in [2.75, 3.05) is 11.1 Å². The number of aryl methyl sites for hydroxylation is 1. The van der Waals surface area contributed by atoms with Crippen LogP contribution in [-0.4, -0.2) is 26.6 Å². The molecular weight excluding hydrogens is 369 g/mol. The lowest BCUT2D eigenvalue weighted by Crippen LogP contribution is -2.18. The van der Waals surface area contributed by atoms with Gasteiger partial charge in [-0.05, 0) is 25.1 Å². The van der Waals surface area contributed by atoms with Crippen molar-refractivity contribution < 1.29 is 18.0 Å². The number of thioether (sulfide) groups is 1. The van der Waals surface area contributed by atoms with E-state index < -0.39 is 17.6 Å². The third-order valence-electron chi connectivity index (χ3n) is 3.45. The number of fused-ring (bicyclic) bond motifs is 1. The Morgan fingerprint density at radius 2 is 2.00 bits per heavy atom. The van der Waals surface area contributed by atoms with Crippen LogP contribution in [0.25, 0.3) is 11.0 Å². The number of H-pyrrole nitrogens is 2. The Bertz CT molecular complexity index is 1030. The number of carbonyl (C=O) groups is 1. The van der Waals surface area contributed by atoms with Crippen LogP contribution >= 0.6 is 11.8 Å². The van der Waals surface area contributed by atoms with Crippen LogP contribution in [0.4, 0.5) is 18.9 Å². The zero-order valence-corrected chi connectivity index (χ0v) is 14.2. The molecule has 6 nitrogen and oxygen atoms in total. The standard InChI is InChI=1S/C16H13F3N4O2S/c1-8-6-11-13(20-8)14(25)23-15(22-11)26-7-12(24)21-10-5-3-2-4-9(10)16(17,18)19/h2-6,20H,7H2,1H3,(H,21,24)(H,22,23,25). The molecule has 0 unspecified atom stereocenters. The first-order valence-electron chi connectivity index (χ1n) is 7.42. The number of rotatable bonds is 4. The number of benzene rings is 1. The SMILES string of the molecule is Cc1cc2nc(SCC(=O)Nc3ccccc3C(F)(F)F)[nH]c(=O)c2[nH]1. The number of aromatic nitrogens is 3. The van der Waals surface area contributed by atoms with E-state index in [1.165, 1.54) is 18.2 Å². The molecule has 0 fully saturated rings. The number of para-hydroxylation sites is 1. The number of halogens is 3. The van der Waals surface area contributed by atoms with Gasteiger partial charge in [-0.25, -0.2) is 4.98 Å². The van der Waals surface area contributed by atoms with E-state index in [0.29, 0.717) is 11.0 Å². The monoisotopic (exact) mass is 382 g/mol. The van der Waals surface area contributed by atoms with Gasteiger partial charge in [-0.3, -0.25) is 14.6 Å². The number of nitrogens with one attached hydrogen (secondary N) is 3. The van der Waals surface area contributed by atoms with Gasteiger partial charge in [-0.15, -0.1) is 0 Å². The molecule has 3 N–H and O–H groups in total. The van der Waals surface area contributed by atoms with E-state index in [1.54, 1.807) is 13.0 Å². The summed E-state index contributed by atoms with van der Waals surface area (Å²) in [6.07, 6.45) is -4.57. The molecule has 2 heterocycles. The molecule has 0 atom stereocenters. The van der Waals surface area contributed by atoms with Crippen LogP contribution < -0.4 is 10.9 Å². The highest BCUT2D eigenvalue weighted by Gasteiger charge is 2.33. The molecule has 0 bridgehead atoms. The predicted octanol–water partition coefficient (Wildman–Crippen LogP) is 3.31. The quantitative estimate of drug-likeness (QED) is 0.477. The van der Waals surface area contributed by atoms with E-state index >= 15 is 0 Å². The first-order chi connectivity index (χ1) is 12.2. The highest BCUT2D eigenvalue weighted by molar-refractivity contribution is 7.99. The molecule has 0 radical (unpaired) electrons. The lowest BCUT2D eigenvalue weighted by atomic mass is 10.1. The topological polar surface area (TPSA) is 90.6 Å². The van der Waals surface area contributed by atoms with Crippen molar-refractivity contribution >= 4 is 34.4 Å². The summed E-state index contributed by atoms with van der Waals surface area (Å²) in [5.41, 5.74) is -0.0695. The van der Waals surface area contributed by atoms with Gasteiger partial charge in [0.05, 0.1) is 22.5 Å². The van der Waals surface area contributed by atoms with E-state index in [2.05, 4.69) is 20.3 Å². The van der Waals surface area contributed by atoms with Crippen LogP contribution in [-0.2, 0) is 11.0 Å². The fourth-order valence-corrected chi connectivity index (χ4v) is 3.03. The molecule has 0 spiro atoms. The number of alkyl halides is 3. The van der Waals surface area contributed by atoms with Crippen molar-refractivity contribution in [2.24, 2.45) is 0 Å². The van der Waals surface area contributed by atoms with Crippen molar-refractivity contribution in [3.8, 4) is 0 Å². The van der Waals surface area contributed by atoms with Gasteiger partial charge >= 0.3 is 6.18 Å². The molecule has 1 amide bonds. The van der Waals surface area contributed by atoms with E-state index in [1.807, 2.05) is 0 Å². The highest BCUT2D eigenvalue weighted by atomic mass is 32.2.